The number of hydrogen-bond acceptors (Lipinski definition) is 5. The molecule has 0 bridgehead atoms. The normalized spacial score (nSPS) is 22.3. The van der Waals surface area contributed by atoms with Crippen LogP contribution >= 0.6 is 0 Å². The number of methoxy groups -OCH3 is 2. The summed E-state index contributed by atoms with van der Waals surface area (Å²) in [4.78, 5) is 11.8. The van der Waals surface area contributed by atoms with Crippen molar-refractivity contribution >= 4 is 24.7 Å². The largest absolute Gasteiger partial charge is 0.469 e. The summed E-state index contributed by atoms with van der Waals surface area (Å²) >= 11 is 0. The molecule has 0 amide bonds. The standard InChI is InChI=1S/C42H62O5Si/c1-30(19-18-20-32(3)40-33(4)25-26-36(46-40)29-39(43)44-10)27-31(2)28-34(5)41(45-11)35(6)47-48(42(7,8)9,37-21-14-12-15-22-37)38-23-16-13-17-24-38/h12-24,28,30,33-36,40-41H,25-27,29H2,1-11H3/b19-18+,31-28+,32-20+/t30-,33+,34+,35+,36-,40-,41-/m1/s1. The summed E-state index contributed by atoms with van der Waals surface area (Å²) in [5.41, 5.74) is 2.54. The lowest BCUT2D eigenvalue weighted by molar-refractivity contribution is -0.147. The Labute approximate surface area is 292 Å². The molecule has 0 radical (unpaired) electrons. The molecule has 7 atom stereocenters. The van der Waals surface area contributed by atoms with E-state index >= 15 is 0 Å². The maximum Gasteiger partial charge on any atom is 0.308 e. The molecular formula is C42H62O5Si. The third-order valence-corrected chi connectivity index (χ3v) is 15.0. The SMILES string of the molecule is COC(=O)C[C@H]1CC[C@H](C)[C@@H](/C(C)=C/C=C/[C@@H](C)C/C(C)=C/[C@H](C)[C@@H](OC)[C@H](C)O[Si](c2ccccc2)(c2ccccc2)C(C)(C)C)O1. The van der Waals surface area contributed by atoms with Crippen molar-refractivity contribution in [3.05, 3.63) is 96.1 Å². The van der Waals surface area contributed by atoms with Crippen molar-refractivity contribution in [1.29, 1.82) is 0 Å². The van der Waals surface area contributed by atoms with E-state index in [0.29, 0.717) is 18.3 Å². The van der Waals surface area contributed by atoms with Gasteiger partial charge >= 0.3 is 5.97 Å². The minimum absolute atomic E-state index is 0.0230. The molecule has 5 nitrogen and oxygen atoms in total. The van der Waals surface area contributed by atoms with Crippen molar-refractivity contribution < 1.29 is 23.4 Å². The van der Waals surface area contributed by atoms with Crippen LogP contribution in [0.25, 0.3) is 0 Å². The molecule has 2 aromatic rings. The van der Waals surface area contributed by atoms with Gasteiger partial charge in [-0.05, 0) is 72.9 Å². The predicted molar refractivity (Wildman–Crippen MR) is 202 cm³/mol. The first kappa shape index (κ1) is 39.7. The van der Waals surface area contributed by atoms with Crippen molar-refractivity contribution in [2.45, 2.75) is 117 Å². The van der Waals surface area contributed by atoms with Gasteiger partial charge in [-0.1, -0.05) is 132 Å². The van der Waals surface area contributed by atoms with E-state index in [4.69, 9.17) is 18.6 Å². The lowest BCUT2D eigenvalue weighted by atomic mass is 9.88. The first-order valence-corrected chi connectivity index (χ1v) is 19.7. The van der Waals surface area contributed by atoms with Crippen molar-refractivity contribution in [2.24, 2.45) is 17.8 Å². The molecule has 0 aromatic heterocycles. The van der Waals surface area contributed by atoms with Gasteiger partial charge in [-0.2, -0.15) is 0 Å². The molecule has 0 saturated carbocycles. The maximum absolute atomic E-state index is 11.8. The zero-order chi connectivity index (χ0) is 35.5. The Morgan fingerprint density at radius 2 is 1.54 bits per heavy atom. The van der Waals surface area contributed by atoms with E-state index in [2.05, 4.69) is 147 Å². The van der Waals surface area contributed by atoms with Gasteiger partial charge in [-0.15, -0.1) is 0 Å². The third kappa shape index (κ3) is 10.4. The van der Waals surface area contributed by atoms with Gasteiger partial charge in [0.05, 0.1) is 37.9 Å². The molecule has 0 aliphatic carbocycles. The third-order valence-electron chi connectivity index (χ3n) is 9.89. The van der Waals surface area contributed by atoms with Crippen LogP contribution in [-0.2, 0) is 23.4 Å². The van der Waals surface area contributed by atoms with E-state index in [-0.39, 0.29) is 41.3 Å². The first-order chi connectivity index (χ1) is 22.7. The van der Waals surface area contributed by atoms with Gasteiger partial charge in [-0.25, -0.2) is 0 Å². The predicted octanol–water partition coefficient (Wildman–Crippen LogP) is 8.82. The number of benzene rings is 2. The summed E-state index contributed by atoms with van der Waals surface area (Å²) in [7, 11) is 0.540. The second-order valence-corrected chi connectivity index (χ2v) is 19.3. The highest BCUT2D eigenvalue weighted by atomic mass is 28.4. The molecule has 1 heterocycles. The summed E-state index contributed by atoms with van der Waals surface area (Å²) in [6.07, 6.45) is 11.9. The van der Waals surface area contributed by atoms with E-state index in [1.54, 1.807) is 0 Å². The summed E-state index contributed by atoms with van der Waals surface area (Å²) < 4.78 is 24.8. The number of ether oxygens (including phenoxy) is 3. The smallest absolute Gasteiger partial charge is 0.308 e. The quantitative estimate of drug-likeness (QED) is 0.0818. The Balaban J connectivity index is 1.71. The van der Waals surface area contributed by atoms with Crippen LogP contribution in [0.4, 0.5) is 0 Å². The Kier molecular flexibility index (Phi) is 15.1. The second-order valence-electron chi connectivity index (χ2n) is 15.0. The van der Waals surface area contributed by atoms with Gasteiger partial charge in [0.25, 0.3) is 8.32 Å². The molecule has 6 heteroatoms. The topological polar surface area (TPSA) is 54.0 Å². The first-order valence-electron chi connectivity index (χ1n) is 17.8. The molecule has 1 aliphatic heterocycles. The van der Waals surface area contributed by atoms with E-state index in [1.807, 2.05) is 7.11 Å². The van der Waals surface area contributed by atoms with E-state index in [0.717, 1.165) is 19.3 Å². The van der Waals surface area contributed by atoms with Crippen molar-refractivity contribution in [3.8, 4) is 0 Å². The molecular weight excluding hydrogens is 613 g/mol. The number of carbonyl (C=O) groups excluding carboxylic acids is 1. The van der Waals surface area contributed by atoms with Crippen LogP contribution in [0, 0.1) is 17.8 Å². The average Bonchev–Trinajstić information content (AvgIpc) is 3.04. The van der Waals surface area contributed by atoms with Gasteiger partial charge < -0.3 is 18.6 Å². The highest BCUT2D eigenvalue weighted by Crippen LogP contribution is 2.38. The minimum atomic E-state index is -2.70. The molecule has 0 spiro atoms. The molecule has 1 fully saturated rings. The maximum atomic E-state index is 11.8. The number of rotatable bonds is 15. The second kappa shape index (κ2) is 18.3. The van der Waals surface area contributed by atoms with Crippen LogP contribution in [0.1, 0.15) is 88.0 Å². The minimum Gasteiger partial charge on any atom is -0.469 e. The van der Waals surface area contributed by atoms with E-state index < -0.39 is 8.32 Å². The Morgan fingerprint density at radius 3 is 2.06 bits per heavy atom. The highest BCUT2D eigenvalue weighted by Gasteiger charge is 2.51. The highest BCUT2D eigenvalue weighted by molar-refractivity contribution is 6.99. The Hall–Kier alpha value is -2.77. The van der Waals surface area contributed by atoms with Crippen LogP contribution in [0.2, 0.25) is 5.04 Å². The average molecular weight is 675 g/mol. The zero-order valence-electron chi connectivity index (χ0n) is 31.5. The lowest BCUT2D eigenvalue weighted by Gasteiger charge is -2.46. The van der Waals surface area contributed by atoms with E-state index in [1.165, 1.54) is 28.6 Å². The Bertz CT molecular complexity index is 1320. The van der Waals surface area contributed by atoms with Crippen LogP contribution in [-0.4, -0.2) is 52.9 Å². The fraction of sp³-hybridized carbons (Fsp3) is 0.548. The van der Waals surface area contributed by atoms with Gasteiger partial charge in [0.2, 0.25) is 0 Å². The summed E-state index contributed by atoms with van der Waals surface area (Å²) in [5.74, 6) is 0.759. The van der Waals surface area contributed by atoms with E-state index in [9.17, 15) is 4.79 Å². The summed E-state index contributed by atoms with van der Waals surface area (Å²) in [5, 5.41) is 2.46. The summed E-state index contributed by atoms with van der Waals surface area (Å²) in [6, 6.07) is 21.6. The molecule has 0 unspecified atom stereocenters. The van der Waals surface area contributed by atoms with Gasteiger partial charge in [-0.3, -0.25) is 4.79 Å². The van der Waals surface area contributed by atoms with Gasteiger partial charge in [0.1, 0.15) is 0 Å². The molecule has 2 aromatic carbocycles. The molecule has 1 saturated heterocycles. The van der Waals surface area contributed by atoms with Crippen LogP contribution in [0.5, 0.6) is 0 Å². The van der Waals surface area contributed by atoms with Crippen molar-refractivity contribution in [1.82, 2.24) is 0 Å². The Morgan fingerprint density at radius 1 is 0.958 bits per heavy atom. The number of allylic oxidation sites excluding steroid dienone is 4. The fourth-order valence-corrected chi connectivity index (χ4v) is 12.2. The molecule has 264 valence electrons. The van der Waals surface area contributed by atoms with Crippen LogP contribution in [0.15, 0.2) is 96.1 Å². The molecule has 1 aliphatic rings. The molecule has 48 heavy (non-hydrogen) atoms. The van der Waals surface area contributed by atoms with Crippen LogP contribution in [0.3, 0.4) is 0 Å². The monoisotopic (exact) mass is 674 g/mol. The zero-order valence-corrected chi connectivity index (χ0v) is 32.5. The number of esters is 1. The summed E-state index contributed by atoms with van der Waals surface area (Å²) in [6.45, 7) is 20.2. The molecule has 0 N–H and O–H groups in total. The number of carbonyl (C=O) groups is 1. The molecule has 3 rings (SSSR count). The lowest BCUT2D eigenvalue weighted by Crippen LogP contribution is -2.68. The fourth-order valence-electron chi connectivity index (χ4n) is 7.54. The van der Waals surface area contributed by atoms with Gasteiger partial charge in [0, 0.05) is 13.0 Å². The van der Waals surface area contributed by atoms with Crippen LogP contribution < -0.4 is 10.4 Å². The van der Waals surface area contributed by atoms with Gasteiger partial charge in [0.15, 0.2) is 0 Å². The van der Waals surface area contributed by atoms with Crippen molar-refractivity contribution in [2.75, 3.05) is 14.2 Å². The van der Waals surface area contributed by atoms with Crippen molar-refractivity contribution in [3.63, 3.8) is 0 Å². The number of hydrogen-bond donors (Lipinski definition) is 0.